The summed E-state index contributed by atoms with van der Waals surface area (Å²) in [5, 5.41) is 19.1. The first kappa shape index (κ1) is 27.4. The molecule has 0 spiro atoms. The zero-order chi connectivity index (χ0) is 27.1. The predicted molar refractivity (Wildman–Crippen MR) is 136 cm³/mol. The van der Waals surface area contributed by atoms with Gasteiger partial charge >= 0.3 is 0 Å². The van der Waals surface area contributed by atoms with Crippen LogP contribution in [0.1, 0.15) is 44.7 Å². The van der Waals surface area contributed by atoms with E-state index < -0.39 is 5.56 Å². The van der Waals surface area contributed by atoms with E-state index in [0.29, 0.717) is 53.6 Å². The lowest BCUT2D eigenvalue weighted by atomic mass is 9.96. The van der Waals surface area contributed by atoms with Crippen LogP contribution in [0.3, 0.4) is 0 Å². The molecular formula is C26H32N4O7. The van der Waals surface area contributed by atoms with E-state index in [0.717, 1.165) is 12.8 Å². The Morgan fingerprint density at radius 1 is 1.05 bits per heavy atom. The predicted octanol–water partition coefficient (Wildman–Crippen LogP) is 3.14. The second-order valence-corrected chi connectivity index (χ2v) is 8.49. The molecule has 198 valence electrons. The lowest BCUT2D eigenvalue weighted by molar-refractivity contribution is -0.126. The number of hydrogen-bond donors (Lipinski definition) is 2. The Hall–Kier alpha value is -4.15. The van der Waals surface area contributed by atoms with Crippen molar-refractivity contribution < 1.29 is 28.6 Å². The van der Waals surface area contributed by atoms with Crippen molar-refractivity contribution >= 4 is 11.7 Å². The number of methoxy groups -OCH3 is 2. The van der Waals surface area contributed by atoms with Gasteiger partial charge in [0.25, 0.3) is 11.4 Å². The van der Waals surface area contributed by atoms with Gasteiger partial charge in [0.05, 0.1) is 38.3 Å². The number of likely N-dealkylation sites (tertiary alicyclic amines) is 1. The Morgan fingerprint density at radius 2 is 1.73 bits per heavy atom. The lowest BCUT2D eigenvalue weighted by Crippen LogP contribution is -2.18. The molecule has 0 saturated carbocycles. The van der Waals surface area contributed by atoms with Gasteiger partial charge in [-0.1, -0.05) is 26.3 Å². The standard InChI is InChI=1S/C21H25N3O5.C5H7NO2/c1-5-7-9-12-16(17-13(27-3)10-8-11-14(17)28-4)19(25)18(20(26)22-12)21-24-23-15(6-2)29-21;1-6-3-4(7)2-5(6)8/h8,10-11H,5-7,9H2,1-4H3,(H2,22,25,26);2-3H2,1H3. The number of pyridine rings is 1. The van der Waals surface area contributed by atoms with E-state index in [1.165, 1.54) is 4.90 Å². The molecule has 2 N–H and O–H groups in total. The van der Waals surface area contributed by atoms with E-state index >= 15 is 0 Å². The number of H-pyrrole nitrogens is 1. The van der Waals surface area contributed by atoms with Gasteiger partial charge < -0.3 is 28.9 Å². The first-order valence-corrected chi connectivity index (χ1v) is 12.0. The average Bonchev–Trinajstić information content (AvgIpc) is 3.47. The van der Waals surface area contributed by atoms with Gasteiger partial charge in [0.1, 0.15) is 22.8 Å². The molecule has 0 atom stereocenters. The fourth-order valence-corrected chi connectivity index (χ4v) is 3.95. The number of nitrogens with one attached hydrogen (secondary N) is 1. The molecule has 3 heterocycles. The Kier molecular flexibility index (Phi) is 9.05. The van der Waals surface area contributed by atoms with Crippen LogP contribution in [0.15, 0.2) is 27.4 Å². The normalized spacial score (nSPS) is 12.9. The number of Topliss-reactive ketones (excluding diaryl/α,β-unsaturated/α-hetero) is 1. The van der Waals surface area contributed by atoms with Crippen LogP contribution in [-0.2, 0) is 22.4 Å². The van der Waals surface area contributed by atoms with Crippen molar-refractivity contribution in [2.45, 2.75) is 46.0 Å². The van der Waals surface area contributed by atoms with Crippen molar-refractivity contribution in [2.75, 3.05) is 27.8 Å². The molecule has 1 fully saturated rings. The molecule has 0 bridgehead atoms. The van der Waals surface area contributed by atoms with E-state index in [9.17, 15) is 19.5 Å². The highest BCUT2D eigenvalue weighted by Crippen LogP contribution is 2.46. The fourth-order valence-electron chi connectivity index (χ4n) is 3.95. The summed E-state index contributed by atoms with van der Waals surface area (Å²) >= 11 is 0. The third-order valence-electron chi connectivity index (χ3n) is 5.90. The number of aromatic hydroxyl groups is 1. The minimum absolute atomic E-state index is 0.0255. The van der Waals surface area contributed by atoms with Crippen LogP contribution >= 0.6 is 0 Å². The molecule has 1 aliphatic heterocycles. The van der Waals surface area contributed by atoms with Crippen molar-refractivity contribution in [3.05, 3.63) is 40.1 Å². The van der Waals surface area contributed by atoms with Crippen LogP contribution in [0.25, 0.3) is 22.6 Å². The number of aromatic amines is 1. The summed E-state index contributed by atoms with van der Waals surface area (Å²) in [6.45, 7) is 4.22. The number of nitrogens with zero attached hydrogens (tertiary/aromatic N) is 3. The minimum Gasteiger partial charge on any atom is -0.506 e. The number of aryl methyl sites for hydroxylation is 2. The molecule has 0 unspecified atom stereocenters. The number of carbonyl (C=O) groups is 2. The van der Waals surface area contributed by atoms with Crippen LogP contribution in [0.5, 0.6) is 17.2 Å². The van der Waals surface area contributed by atoms with Crippen molar-refractivity contribution in [1.82, 2.24) is 20.1 Å². The van der Waals surface area contributed by atoms with E-state index in [4.69, 9.17) is 13.9 Å². The zero-order valence-corrected chi connectivity index (χ0v) is 21.7. The molecule has 11 heteroatoms. The smallest absolute Gasteiger partial charge is 0.264 e. The minimum atomic E-state index is -0.488. The third kappa shape index (κ3) is 5.99. The van der Waals surface area contributed by atoms with Gasteiger partial charge in [-0.15, -0.1) is 10.2 Å². The second-order valence-electron chi connectivity index (χ2n) is 8.49. The molecule has 1 amide bonds. The molecule has 3 aromatic rings. The number of unbranched alkanes of at least 4 members (excludes halogenated alkanes) is 1. The molecule has 0 radical (unpaired) electrons. The number of benzene rings is 1. The maximum atomic E-state index is 12.8. The Labute approximate surface area is 214 Å². The lowest BCUT2D eigenvalue weighted by Gasteiger charge is -2.18. The highest BCUT2D eigenvalue weighted by molar-refractivity contribution is 6.05. The second kappa shape index (κ2) is 12.2. The van der Waals surface area contributed by atoms with E-state index in [1.54, 1.807) is 39.5 Å². The SMILES string of the molecule is CCCCc1[nH]c(=O)c(-c2nnc(CC)o2)c(O)c1-c1c(OC)cccc1OC.CN1CC(=O)CC1=O. The molecule has 11 nitrogen and oxygen atoms in total. The van der Waals surface area contributed by atoms with Crippen molar-refractivity contribution in [3.63, 3.8) is 0 Å². The van der Waals surface area contributed by atoms with E-state index in [-0.39, 0.29) is 35.3 Å². The summed E-state index contributed by atoms with van der Waals surface area (Å²) < 4.78 is 16.6. The Bertz CT molecular complexity index is 1310. The number of likely N-dealkylation sites (N-methyl/N-ethyl adjacent to an activating group) is 1. The summed E-state index contributed by atoms with van der Waals surface area (Å²) in [5.41, 5.74) is 1.02. The van der Waals surface area contributed by atoms with Gasteiger partial charge in [0.15, 0.2) is 5.78 Å². The van der Waals surface area contributed by atoms with Crippen molar-refractivity contribution in [2.24, 2.45) is 0 Å². The number of amides is 1. The number of aromatic nitrogens is 3. The summed E-state index contributed by atoms with van der Waals surface area (Å²) in [4.78, 5) is 38.0. The summed E-state index contributed by atoms with van der Waals surface area (Å²) in [6, 6.07) is 5.34. The highest BCUT2D eigenvalue weighted by Gasteiger charge is 2.27. The zero-order valence-electron chi connectivity index (χ0n) is 21.7. The Balaban J connectivity index is 0.000000405. The monoisotopic (exact) mass is 512 g/mol. The van der Waals surface area contributed by atoms with Gasteiger partial charge in [0.2, 0.25) is 11.8 Å². The Morgan fingerprint density at radius 3 is 2.19 bits per heavy atom. The first-order valence-electron chi connectivity index (χ1n) is 12.0. The number of hydrogen-bond acceptors (Lipinski definition) is 9. The van der Waals surface area contributed by atoms with E-state index in [2.05, 4.69) is 22.1 Å². The first-order chi connectivity index (χ1) is 17.7. The highest BCUT2D eigenvalue weighted by atomic mass is 16.5. The van der Waals surface area contributed by atoms with Gasteiger partial charge in [0, 0.05) is 19.2 Å². The molecule has 37 heavy (non-hydrogen) atoms. The maximum absolute atomic E-state index is 12.8. The summed E-state index contributed by atoms with van der Waals surface area (Å²) in [6.07, 6.45) is 2.96. The fraction of sp³-hybridized carbons (Fsp3) is 0.423. The van der Waals surface area contributed by atoms with Crippen molar-refractivity contribution in [3.8, 4) is 39.8 Å². The number of ether oxygens (including phenoxy) is 2. The van der Waals surface area contributed by atoms with Gasteiger partial charge in [-0.25, -0.2) is 0 Å². The maximum Gasteiger partial charge on any atom is 0.264 e. The quantitative estimate of drug-likeness (QED) is 0.434. The van der Waals surface area contributed by atoms with Crippen LogP contribution < -0.4 is 15.0 Å². The van der Waals surface area contributed by atoms with Gasteiger partial charge in [-0.2, -0.15) is 0 Å². The van der Waals surface area contributed by atoms with Crippen LogP contribution in [0, 0.1) is 0 Å². The average molecular weight is 513 g/mol. The molecule has 2 aromatic heterocycles. The van der Waals surface area contributed by atoms with Crippen LogP contribution in [0.2, 0.25) is 0 Å². The number of carbonyl (C=O) groups excluding carboxylic acids is 2. The molecule has 4 rings (SSSR count). The van der Waals surface area contributed by atoms with Crippen molar-refractivity contribution in [1.29, 1.82) is 0 Å². The molecule has 1 aromatic carbocycles. The molecule has 0 aliphatic carbocycles. The van der Waals surface area contributed by atoms with E-state index in [1.807, 2.05) is 6.92 Å². The van der Waals surface area contributed by atoms with Crippen LogP contribution in [-0.4, -0.2) is 64.7 Å². The number of rotatable bonds is 8. The molecular weight excluding hydrogens is 480 g/mol. The largest absolute Gasteiger partial charge is 0.506 e. The third-order valence-corrected chi connectivity index (χ3v) is 5.90. The van der Waals surface area contributed by atoms with Crippen LogP contribution in [0.4, 0.5) is 0 Å². The summed E-state index contributed by atoms with van der Waals surface area (Å²) in [7, 11) is 4.71. The van der Waals surface area contributed by atoms with Gasteiger partial charge in [-0.05, 0) is 25.0 Å². The summed E-state index contributed by atoms with van der Waals surface area (Å²) in [5.74, 6) is 1.09. The number of ketones is 1. The molecule has 1 saturated heterocycles. The topological polar surface area (TPSA) is 148 Å². The molecule has 1 aliphatic rings. The van der Waals surface area contributed by atoms with Gasteiger partial charge in [-0.3, -0.25) is 14.4 Å².